The van der Waals surface area contributed by atoms with E-state index in [0.717, 1.165) is 12.0 Å². The molecule has 7 nitrogen and oxygen atoms in total. The molecule has 1 amide bonds. The monoisotopic (exact) mass is 535 g/mol. The number of halogens is 1. The van der Waals surface area contributed by atoms with Gasteiger partial charge in [-0.1, -0.05) is 42.8 Å². The third-order valence-corrected chi connectivity index (χ3v) is 6.66. The number of rotatable bonds is 8. The fourth-order valence-corrected chi connectivity index (χ4v) is 4.73. The molecule has 0 aromatic heterocycles. The molecular formula is C30H30ClNO6. The third kappa shape index (κ3) is 5.07. The first-order valence-electron chi connectivity index (χ1n) is 12.3. The zero-order chi connectivity index (χ0) is 27.6. The molecular weight excluding hydrogens is 506 g/mol. The van der Waals surface area contributed by atoms with E-state index in [2.05, 4.69) is 0 Å². The van der Waals surface area contributed by atoms with Crippen molar-refractivity contribution in [1.82, 2.24) is 0 Å². The Bertz CT molecular complexity index is 1380. The lowest BCUT2D eigenvalue weighted by molar-refractivity contribution is -0.132. The Kier molecular flexibility index (Phi) is 7.97. The molecule has 1 fully saturated rings. The summed E-state index contributed by atoms with van der Waals surface area (Å²) in [4.78, 5) is 28.4. The number of hydrogen-bond acceptors (Lipinski definition) is 6. The molecule has 1 aliphatic rings. The number of ketones is 1. The number of anilines is 1. The molecule has 3 aromatic rings. The summed E-state index contributed by atoms with van der Waals surface area (Å²) in [5.41, 5.74) is 2.38. The minimum atomic E-state index is -0.885. The van der Waals surface area contributed by atoms with Crippen LogP contribution in [0.3, 0.4) is 0 Å². The highest BCUT2D eigenvalue weighted by Crippen LogP contribution is 2.45. The Morgan fingerprint density at radius 2 is 1.61 bits per heavy atom. The van der Waals surface area contributed by atoms with Crippen LogP contribution >= 0.6 is 11.6 Å². The van der Waals surface area contributed by atoms with Gasteiger partial charge in [0.05, 0.1) is 42.5 Å². The number of Topliss-reactive ketones (excluding diaryl/α,β-unsaturated/α-hetero) is 1. The molecule has 1 heterocycles. The molecule has 198 valence electrons. The van der Waals surface area contributed by atoms with Gasteiger partial charge in [-0.2, -0.15) is 0 Å². The number of aliphatic hydroxyl groups is 1. The van der Waals surface area contributed by atoms with E-state index < -0.39 is 17.7 Å². The average molecular weight is 536 g/mol. The van der Waals surface area contributed by atoms with Crippen LogP contribution in [-0.4, -0.2) is 37.1 Å². The van der Waals surface area contributed by atoms with Gasteiger partial charge in [-0.25, -0.2) is 0 Å². The second-order valence-electron chi connectivity index (χ2n) is 9.11. The maximum atomic E-state index is 13.5. The van der Waals surface area contributed by atoms with E-state index in [1.807, 2.05) is 45.0 Å². The summed E-state index contributed by atoms with van der Waals surface area (Å²) < 4.78 is 16.5. The van der Waals surface area contributed by atoms with Crippen molar-refractivity contribution in [3.8, 4) is 17.2 Å². The quantitative estimate of drug-likeness (QED) is 0.206. The van der Waals surface area contributed by atoms with Gasteiger partial charge in [-0.15, -0.1) is 0 Å². The van der Waals surface area contributed by atoms with Crippen molar-refractivity contribution in [3.63, 3.8) is 0 Å². The maximum Gasteiger partial charge on any atom is 0.300 e. The number of carbonyl (C=O) groups is 2. The molecule has 1 saturated heterocycles. The normalized spacial score (nSPS) is 16.7. The van der Waals surface area contributed by atoms with Crippen LogP contribution in [0.15, 0.2) is 66.2 Å². The zero-order valence-electron chi connectivity index (χ0n) is 21.9. The molecule has 0 saturated carbocycles. The number of benzene rings is 3. The van der Waals surface area contributed by atoms with Gasteiger partial charge in [-0.3, -0.25) is 14.5 Å². The Balaban J connectivity index is 1.93. The molecule has 0 aliphatic carbocycles. The molecule has 8 heteroatoms. The van der Waals surface area contributed by atoms with E-state index in [0.29, 0.717) is 17.0 Å². The van der Waals surface area contributed by atoms with E-state index in [9.17, 15) is 14.7 Å². The molecule has 38 heavy (non-hydrogen) atoms. The van der Waals surface area contributed by atoms with Crippen LogP contribution in [0.5, 0.6) is 17.2 Å². The Morgan fingerprint density at radius 1 is 0.974 bits per heavy atom. The minimum Gasteiger partial charge on any atom is -0.507 e. The van der Waals surface area contributed by atoms with Gasteiger partial charge in [-0.05, 0) is 61.7 Å². The lowest BCUT2D eigenvalue weighted by Gasteiger charge is -2.26. The highest BCUT2D eigenvalue weighted by molar-refractivity contribution is 6.51. The third-order valence-electron chi connectivity index (χ3n) is 6.36. The standard InChI is InChI=1S/C30H30ClNO6/c1-6-18-7-9-19(10-8-18)27-26(28(33)22-15-25(37-5)23(31)16-24(22)36-4)29(34)30(35)32(27)20-11-13-21(14-12-20)38-17(2)3/h7-17,27,33H,6H2,1-5H3/b28-26+. The van der Waals surface area contributed by atoms with Gasteiger partial charge in [0.25, 0.3) is 11.7 Å². The van der Waals surface area contributed by atoms with Crippen molar-refractivity contribution in [3.05, 3.63) is 87.9 Å². The van der Waals surface area contributed by atoms with Gasteiger partial charge in [0.15, 0.2) is 0 Å². The van der Waals surface area contributed by atoms with Gasteiger partial charge < -0.3 is 19.3 Å². The van der Waals surface area contributed by atoms with Crippen LogP contribution in [0, 0.1) is 0 Å². The number of carbonyl (C=O) groups excluding carboxylic acids is 2. The van der Waals surface area contributed by atoms with E-state index in [1.54, 1.807) is 24.3 Å². The summed E-state index contributed by atoms with van der Waals surface area (Å²) >= 11 is 6.25. The van der Waals surface area contributed by atoms with Gasteiger partial charge in [0.2, 0.25) is 0 Å². The van der Waals surface area contributed by atoms with E-state index in [-0.39, 0.29) is 39.5 Å². The number of ether oxygens (including phenoxy) is 3. The van der Waals surface area contributed by atoms with Crippen LogP contribution < -0.4 is 19.1 Å². The molecule has 4 rings (SSSR count). The fourth-order valence-electron chi connectivity index (χ4n) is 4.50. The molecule has 1 aliphatic heterocycles. The number of aliphatic hydroxyl groups excluding tert-OH is 1. The number of amides is 1. The summed E-state index contributed by atoms with van der Waals surface area (Å²) in [5, 5.41) is 11.8. The largest absolute Gasteiger partial charge is 0.507 e. The summed E-state index contributed by atoms with van der Waals surface area (Å²) in [6, 6.07) is 16.7. The smallest absolute Gasteiger partial charge is 0.300 e. The topological polar surface area (TPSA) is 85.3 Å². The lowest BCUT2D eigenvalue weighted by Crippen LogP contribution is -2.29. The molecule has 0 bridgehead atoms. The highest BCUT2D eigenvalue weighted by Gasteiger charge is 2.47. The molecule has 0 spiro atoms. The minimum absolute atomic E-state index is 0.0153. The summed E-state index contributed by atoms with van der Waals surface area (Å²) in [5.74, 6) is -0.800. The lowest BCUT2D eigenvalue weighted by atomic mass is 9.94. The van der Waals surface area contributed by atoms with Crippen molar-refractivity contribution in [2.24, 2.45) is 0 Å². The van der Waals surface area contributed by atoms with Crippen molar-refractivity contribution in [2.75, 3.05) is 19.1 Å². The second kappa shape index (κ2) is 11.2. The molecule has 1 unspecified atom stereocenters. The SMILES string of the molecule is CCc1ccc(C2/C(=C(\O)c3cc(OC)c(Cl)cc3OC)C(=O)C(=O)N2c2ccc(OC(C)C)cc2)cc1. The number of methoxy groups -OCH3 is 2. The molecule has 1 N–H and O–H groups in total. The Hall–Kier alpha value is -3.97. The van der Waals surface area contributed by atoms with E-state index >= 15 is 0 Å². The van der Waals surface area contributed by atoms with Crippen LogP contribution in [0.4, 0.5) is 5.69 Å². The first-order chi connectivity index (χ1) is 18.2. The predicted octanol–water partition coefficient (Wildman–Crippen LogP) is 6.33. The maximum absolute atomic E-state index is 13.5. The van der Waals surface area contributed by atoms with Crippen LogP contribution in [0.25, 0.3) is 5.76 Å². The van der Waals surface area contributed by atoms with Gasteiger partial charge in [0.1, 0.15) is 23.0 Å². The fraction of sp³-hybridized carbons (Fsp3) is 0.267. The number of aryl methyl sites for hydroxylation is 1. The van der Waals surface area contributed by atoms with E-state index in [1.165, 1.54) is 31.3 Å². The highest BCUT2D eigenvalue weighted by atomic mass is 35.5. The zero-order valence-corrected chi connectivity index (χ0v) is 22.7. The Morgan fingerprint density at radius 3 is 2.16 bits per heavy atom. The predicted molar refractivity (Wildman–Crippen MR) is 147 cm³/mol. The first-order valence-corrected chi connectivity index (χ1v) is 12.7. The van der Waals surface area contributed by atoms with Crippen LogP contribution in [0.1, 0.15) is 43.5 Å². The summed E-state index contributed by atoms with van der Waals surface area (Å²) in [6.45, 7) is 5.89. The van der Waals surface area contributed by atoms with Gasteiger partial charge in [0, 0.05) is 11.8 Å². The average Bonchev–Trinajstić information content (AvgIpc) is 3.18. The van der Waals surface area contributed by atoms with Crippen molar-refractivity contribution in [2.45, 2.75) is 39.3 Å². The molecule has 1 atom stereocenters. The van der Waals surface area contributed by atoms with Gasteiger partial charge >= 0.3 is 0 Å². The van der Waals surface area contributed by atoms with Crippen LogP contribution in [-0.2, 0) is 16.0 Å². The summed E-state index contributed by atoms with van der Waals surface area (Å²) in [7, 11) is 2.87. The number of nitrogens with zero attached hydrogens (tertiary/aromatic N) is 1. The Labute approximate surface area is 227 Å². The molecule has 0 radical (unpaired) electrons. The number of hydrogen-bond donors (Lipinski definition) is 1. The molecule has 3 aromatic carbocycles. The van der Waals surface area contributed by atoms with Crippen molar-refractivity contribution in [1.29, 1.82) is 0 Å². The second-order valence-corrected chi connectivity index (χ2v) is 9.52. The van der Waals surface area contributed by atoms with Crippen molar-refractivity contribution < 1.29 is 28.9 Å². The summed E-state index contributed by atoms with van der Waals surface area (Å²) in [6.07, 6.45) is 0.818. The van der Waals surface area contributed by atoms with Crippen LogP contribution in [0.2, 0.25) is 5.02 Å². The first kappa shape index (κ1) is 27.1. The van der Waals surface area contributed by atoms with Crippen molar-refractivity contribution >= 4 is 34.7 Å². The van der Waals surface area contributed by atoms with E-state index in [4.69, 9.17) is 25.8 Å².